The van der Waals surface area contributed by atoms with Gasteiger partial charge < -0.3 is 5.73 Å². The molecule has 1 heterocycles. The molecule has 0 aliphatic rings. The number of hydrogen-bond donors (Lipinski definition) is 1. The largest absolute Gasteiger partial charge is 0.383 e. The van der Waals surface area contributed by atoms with Crippen LogP contribution >= 0.6 is 0 Å². The molecule has 2 rings (SSSR count). The number of aromatic nitrogens is 2. The minimum absolute atomic E-state index is 0.133. The number of nitrogens with two attached hydrogens (primary N) is 1. The molecular formula is C15H19N3O. The summed E-state index contributed by atoms with van der Waals surface area (Å²) in [5.74, 6) is 0.174. The van der Waals surface area contributed by atoms with Crippen molar-refractivity contribution in [3.05, 3.63) is 47.2 Å². The predicted molar refractivity (Wildman–Crippen MR) is 76.2 cm³/mol. The Kier molecular flexibility index (Phi) is 3.18. The molecule has 1 aromatic heterocycles. The lowest BCUT2D eigenvalue weighted by atomic mass is 9.92. The predicted octanol–water partition coefficient (Wildman–Crippen LogP) is 2.76. The Balaban J connectivity index is 2.43. The molecule has 0 unspecified atom stereocenters. The number of nitrogen functional groups attached to an aromatic ring is 1. The van der Waals surface area contributed by atoms with E-state index in [1.165, 1.54) is 4.68 Å². The lowest BCUT2D eigenvalue weighted by molar-refractivity contribution is 0.0947. The van der Waals surface area contributed by atoms with E-state index < -0.39 is 0 Å². The van der Waals surface area contributed by atoms with E-state index in [0.29, 0.717) is 11.4 Å². The highest BCUT2D eigenvalue weighted by Gasteiger charge is 2.21. The van der Waals surface area contributed by atoms with Gasteiger partial charge in [0.15, 0.2) is 0 Å². The number of anilines is 1. The third kappa shape index (κ3) is 2.67. The van der Waals surface area contributed by atoms with Gasteiger partial charge in [-0.2, -0.15) is 9.78 Å². The summed E-state index contributed by atoms with van der Waals surface area (Å²) < 4.78 is 1.27. The van der Waals surface area contributed by atoms with Crippen molar-refractivity contribution in [1.82, 2.24) is 9.78 Å². The first-order chi connectivity index (χ1) is 8.79. The molecule has 100 valence electrons. The first kappa shape index (κ1) is 13.3. The van der Waals surface area contributed by atoms with Crippen LogP contribution in [-0.4, -0.2) is 15.7 Å². The van der Waals surface area contributed by atoms with Crippen LogP contribution in [0, 0.1) is 6.92 Å². The van der Waals surface area contributed by atoms with Crippen molar-refractivity contribution in [1.29, 1.82) is 0 Å². The Hall–Kier alpha value is -2.10. The molecule has 0 bridgehead atoms. The van der Waals surface area contributed by atoms with Gasteiger partial charge in [0.05, 0.1) is 5.69 Å². The van der Waals surface area contributed by atoms with Gasteiger partial charge in [0.1, 0.15) is 5.82 Å². The van der Waals surface area contributed by atoms with E-state index in [4.69, 9.17) is 5.73 Å². The average molecular weight is 257 g/mol. The SMILES string of the molecule is Cc1cccc(C(=O)n2nc(C(C)(C)C)cc2N)c1. The lowest BCUT2D eigenvalue weighted by Gasteiger charge is -2.13. The molecule has 2 aromatic rings. The van der Waals surface area contributed by atoms with Gasteiger partial charge in [-0.1, -0.05) is 38.5 Å². The average Bonchev–Trinajstić information content (AvgIpc) is 2.70. The fourth-order valence-electron chi connectivity index (χ4n) is 1.83. The summed E-state index contributed by atoms with van der Waals surface area (Å²) >= 11 is 0. The van der Waals surface area contributed by atoms with E-state index in [2.05, 4.69) is 5.10 Å². The Bertz CT molecular complexity index is 621. The van der Waals surface area contributed by atoms with Crippen molar-refractivity contribution in [3.63, 3.8) is 0 Å². The number of carbonyl (C=O) groups is 1. The van der Waals surface area contributed by atoms with Gasteiger partial charge >= 0.3 is 0 Å². The van der Waals surface area contributed by atoms with E-state index >= 15 is 0 Å². The quantitative estimate of drug-likeness (QED) is 0.854. The second-order valence-corrected chi connectivity index (χ2v) is 5.79. The zero-order valence-corrected chi connectivity index (χ0v) is 11.8. The van der Waals surface area contributed by atoms with E-state index in [-0.39, 0.29) is 11.3 Å². The third-order valence-electron chi connectivity index (χ3n) is 2.96. The molecule has 0 atom stereocenters. The summed E-state index contributed by atoms with van der Waals surface area (Å²) in [5, 5.41) is 4.33. The number of carbonyl (C=O) groups excluding carboxylic acids is 1. The molecule has 2 N–H and O–H groups in total. The molecule has 0 amide bonds. The Labute approximate surface area is 113 Å². The van der Waals surface area contributed by atoms with Crippen LogP contribution in [0.25, 0.3) is 0 Å². The zero-order chi connectivity index (χ0) is 14.2. The maximum absolute atomic E-state index is 12.4. The van der Waals surface area contributed by atoms with Crippen molar-refractivity contribution >= 4 is 11.7 Å². The van der Waals surface area contributed by atoms with Gasteiger partial charge in [-0.25, -0.2) is 0 Å². The molecule has 0 aliphatic heterocycles. The molecule has 0 spiro atoms. The Morgan fingerprint density at radius 1 is 1.26 bits per heavy atom. The molecule has 0 saturated heterocycles. The number of hydrogen-bond acceptors (Lipinski definition) is 3. The van der Waals surface area contributed by atoms with Gasteiger partial charge in [-0.15, -0.1) is 0 Å². The molecule has 4 heteroatoms. The lowest BCUT2D eigenvalue weighted by Crippen LogP contribution is -2.18. The van der Waals surface area contributed by atoms with Crippen LogP contribution in [0.1, 0.15) is 42.4 Å². The molecule has 19 heavy (non-hydrogen) atoms. The third-order valence-corrected chi connectivity index (χ3v) is 2.96. The van der Waals surface area contributed by atoms with Crippen LogP contribution in [0.5, 0.6) is 0 Å². The summed E-state index contributed by atoms with van der Waals surface area (Å²) in [6.07, 6.45) is 0. The Morgan fingerprint density at radius 2 is 1.95 bits per heavy atom. The van der Waals surface area contributed by atoms with Crippen LogP contribution in [0.2, 0.25) is 0 Å². The van der Waals surface area contributed by atoms with Crippen LogP contribution in [0.15, 0.2) is 30.3 Å². The summed E-state index contributed by atoms with van der Waals surface area (Å²) in [4.78, 5) is 12.4. The Morgan fingerprint density at radius 3 is 2.47 bits per heavy atom. The van der Waals surface area contributed by atoms with E-state index in [1.807, 2.05) is 45.9 Å². The summed E-state index contributed by atoms with van der Waals surface area (Å²) in [6.45, 7) is 8.06. The normalized spacial score (nSPS) is 11.6. The second kappa shape index (κ2) is 4.53. The van der Waals surface area contributed by atoms with Gasteiger partial charge in [-0.3, -0.25) is 4.79 Å². The van der Waals surface area contributed by atoms with Crippen molar-refractivity contribution in [3.8, 4) is 0 Å². The highest BCUT2D eigenvalue weighted by atomic mass is 16.2. The first-order valence-electron chi connectivity index (χ1n) is 6.26. The second-order valence-electron chi connectivity index (χ2n) is 5.79. The fraction of sp³-hybridized carbons (Fsp3) is 0.333. The molecule has 4 nitrogen and oxygen atoms in total. The molecular weight excluding hydrogens is 238 g/mol. The van der Waals surface area contributed by atoms with E-state index in [9.17, 15) is 4.79 Å². The summed E-state index contributed by atoms with van der Waals surface area (Å²) in [5.41, 5.74) is 8.20. The van der Waals surface area contributed by atoms with Gasteiger partial charge in [0.25, 0.3) is 5.91 Å². The van der Waals surface area contributed by atoms with Gasteiger partial charge in [-0.05, 0) is 19.1 Å². The van der Waals surface area contributed by atoms with Crippen molar-refractivity contribution in [2.24, 2.45) is 0 Å². The zero-order valence-electron chi connectivity index (χ0n) is 11.8. The molecule has 1 aromatic carbocycles. The molecule has 0 fully saturated rings. The van der Waals surface area contributed by atoms with E-state index in [1.54, 1.807) is 12.1 Å². The molecule has 0 saturated carbocycles. The number of aryl methyl sites for hydroxylation is 1. The summed E-state index contributed by atoms with van der Waals surface area (Å²) in [7, 11) is 0. The van der Waals surface area contributed by atoms with Gasteiger partial charge in [0, 0.05) is 17.0 Å². The highest BCUT2D eigenvalue weighted by molar-refractivity contribution is 5.97. The smallest absolute Gasteiger partial charge is 0.280 e. The van der Waals surface area contributed by atoms with Crippen molar-refractivity contribution in [2.75, 3.05) is 5.73 Å². The topological polar surface area (TPSA) is 60.9 Å². The van der Waals surface area contributed by atoms with Crippen LogP contribution < -0.4 is 5.73 Å². The maximum atomic E-state index is 12.4. The highest BCUT2D eigenvalue weighted by Crippen LogP contribution is 2.23. The fourth-order valence-corrected chi connectivity index (χ4v) is 1.83. The number of rotatable bonds is 1. The molecule has 0 aliphatic carbocycles. The van der Waals surface area contributed by atoms with Crippen LogP contribution in [0.4, 0.5) is 5.82 Å². The van der Waals surface area contributed by atoms with Crippen LogP contribution in [-0.2, 0) is 5.41 Å². The molecule has 0 radical (unpaired) electrons. The minimum atomic E-state index is -0.197. The number of benzene rings is 1. The van der Waals surface area contributed by atoms with E-state index in [0.717, 1.165) is 11.3 Å². The number of nitrogens with zero attached hydrogens (tertiary/aromatic N) is 2. The monoisotopic (exact) mass is 257 g/mol. The standard InChI is InChI=1S/C15H19N3O/c1-10-6-5-7-11(8-10)14(19)18-13(16)9-12(17-18)15(2,3)4/h5-9H,16H2,1-4H3. The van der Waals surface area contributed by atoms with Crippen LogP contribution in [0.3, 0.4) is 0 Å². The maximum Gasteiger partial charge on any atom is 0.280 e. The van der Waals surface area contributed by atoms with Crippen molar-refractivity contribution in [2.45, 2.75) is 33.1 Å². The minimum Gasteiger partial charge on any atom is -0.383 e. The van der Waals surface area contributed by atoms with Crippen molar-refractivity contribution < 1.29 is 4.79 Å². The van der Waals surface area contributed by atoms with Gasteiger partial charge in [0.2, 0.25) is 0 Å². The first-order valence-corrected chi connectivity index (χ1v) is 6.26. The summed E-state index contributed by atoms with van der Waals surface area (Å²) in [6, 6.07) is 9.16.